The molecule has 0 aromatic heterocycles. The summed E-state index contributed by atoms with van der Waals surface area (Å²) in [6.45, 7) is 17.0. The summed E-state index contributed by atoms with van der Waals surface area (Å²) in [5.41, 5.74) is 2.09. The second-order valence-electron chi connectivity index (χ2n) is 10.2. The van der Waals surface area contributed by atoms with E-state index in [4.69, 9.17) is 4.74 Å². The number of carbonyl (C=O) groups is 3. The van der Waals surface area contributed by atoms with Crippen molar-refractivity contribution in [3.8, 4) is 0 Å². The second-order valence-corrected chi connectivity index (χ2v) is 10.2. The number of amides is 3. The highest BCUT2D eigenvalue weighted by atomic mass is 16.6. The van der Waals surface area contributed by atoms with Gasteiger partial charge in [0.1, 0.15) is 17.7 Å². The van der Waals surface area contributed by atoms with E-state index in [1.54, 1.807) is 27.8 Å². The van der Waals surface area contributed by atoms with Crippen molar-refractivity contribution in [2.75, 3.05) is 7.05 Å². The summed E-state index contributed by atoms with van der Waals surface area (Å²) in [4.78, 5) is 40.9. The molecule has 0 saturated heterocycles. The van der Waals surface area contributed by atoms with Crippen LogP contribution in [0.25, 0.3) is 0 Å². The van der Waals surface area contributed by atoms with Gasteiger partial charge in [0.05, 0.1) is 0 Å². The monoisotopic (exact) mass is 461 g/mol. The SMILES string of the molecule is CCCC(C)NC(=O)C(c1cccc(C)c1C)N(C)C(=O)C(NC(=O)OC(C)(C)C)C(C)C. The number of hydrogen-bond acceptors (Lipinski definition) is 4. The van der Waals surface area contributed by atoms with E-state index in [2.05, 4.69) is 17.6 Å². The molecule has 0 saturated carbocycles. The minimum atomic E-state index is -0.835. The Morgan fingerprint density at radius 3 is 2.18 bits per heavy atom. The lowest BCUT2D eigenvalue weighted by atomic mass is 9.94. The number of aryl methyl sites for hydroxylation is 1. The molecule has 0 aliphatic rings. The minimum absolute atomic E-state index is 0.0144. The third-order valence-corrected chi connectivity index (χ3v) is 5.64. The van der Waals surface area contributed by atoms with Crippen LogP contribution in [-0.2, 0) is 14.3 Å². The molecule has 1 aromatic rings. The smallest absolute Gasteiger partial charge is 0.408 e. The molecule has 0 bridgehead atoms. The van der Waals surface area contributed by atoms with Crippen molar-refractivity contribution < 1.29 is 19.1 Å². The molecular weight excluding hydrogens is 418 g/mol. The van der Waals surface area contributed by atoms with Crippen LogP contribution in [-0.4, -0.2) is 47.5 Å². The van der Waals surface area contributed by atoms with Gasteiger partial charge in [0.2, 0.25) is 11.8 Å². The largest absolute Gasteiger partial charge is 0.444 e. The number of likely N-dealkylation sites (N-methyl/N-ethyl adjacent to an activating group) is 1. The van der Waals surface area contributed by atoms with Crippen molar-refractivity contribution in [1.29, 1.82) is 0 Å². The van der Waals surface area contributed by atoms with Crippen molar-refractivity contribution in [2.24, 2.45) is 5.92 Å². The number of nitrogens with one attached hydrogen (secondary N) is 2. The predicted molar refractivity (Wildman–Crippen MR) is 132 cm³/mol. The van der Waals surface area contributed by atoms with Crippen molar-refractivity contribution >= 4 is 17.9 Å². The Kier molecular flexibility index (Phi) is 10.4. The molecule has 7 nitrogen and oxygen atoms in total. The molecule has 1 rings (SSSR count). The van der Waals surface area contributed by atoms with E-state index in [1.165, 1.54) is 4.90 Å². The number of nitrogens with zero attached hydrogens (tertiary/aromatic N) is 1. The zero-order valence-electron chi connectivity index (χ0n) is 22.0. The van der Waals surface area contributed by atoms with Gasteiger partial charge in [-0.25, -0.2) is 4.79 Å². The summed E-state index contributed by atoms with van der Waals surface area (Å²) in [7, 11) is 1.62. The molecule has 0 heterocycles. The van der Waals surface area contributed by atoms with Crippen molar-refractivity contribution in [3.05, 3.63) is 34.9 Å². The summed E-state index contributed by atoms with van der Waals surface area (Å²) < 4.78 is 5.36. The average Bonchev–Trinajstić information content (AvgIpc) is 2.67. The van der Waals surface area contributed by atoms with Gasteiger partial charge in [-0.05, 0) is 70.6 Å². The van der Waals surface area contributed by atoms with E-state index in [0.717, 1.165) is 29.5 Å². The van der Waals surface area contributed by atoms with E-state index < -0.39 is 23.8 Å². The predicted octanol–water partition coefficient (Wildman–Crippen LogP) is 4.66. The van der Waals surface area contributed by atoms with Crippen LogP contribution in [0.5, 0.6) is 0 Å². The number of ether oxygens (including phenoxy) is 1. The Morgan fingerprint density at radius 2 is 1.67 bits per heavy atom. The van der Waals surface area contributed by atoms with Gasteiger partial charge in [0.25, 0.3) is 0 Å². The van der Waals surface area contributed by atoms with Gasteiger partial charge in [-0.15, -0.1) is 0 Å². The fraction of sp³-hybridized carbons (Fsp3) is 0.654. The fourth-order valence-corrected chi connectivity index (χ4v) is 3.72. The molecular formula is C26H43N3O4. The van der Waals surface area contributed by atoms with Crippen LogP contribution in [0, 0.1) is 19.8 Å². The highest BCUT2D eigenvalue weighted by Gasteiger charge is 2.36. The molecule has 0 fully saturated rings. The van der Waals surface area contributed by atoms with Crippen LogP contribution in [0.1, 0.15) is 84.0 Å². The van der Waals surface area contributed by atoms with Crippen LogP contribution in [0.2, 0.25) is 0 Å². The lowest BCUT2D eigenvalue weighted by Gasteiger charge is -2.34. The number of carbonyl (C=O) groups excluding carboxylic acids is 3. The molecule has 0 aliphatic carbocycles. The summed E-state index contributed by atoms with van der Waals surface area (Å²) >= 11 is 0. The van der Waals surface area contributed by atoms with Crippen molar-refractivity contribution in [2.45, 2.75) is 98.9 Å². The van der Waals surface area contributed by atoms with Crippen molar-refractivity contribution in [3.63, 3.8) is 0 Å². The first-order chi connectivity index (χ1) is 15.2. The number of hydrogen-bond donors (Lipinski definition) is 2. The third-order valence-electron chi connectivity index (χ3n) is 5.64. The van der Waals surface area contributed by atoms with Gasteiger partial charge in [0, 0.05) is 13.1 Å². The number of rotatable bonds is 9. The maximum absolute atomic E-state index is 13.6. The van der Waals surface area contributed by atoms with Gasteiger partial charge >= 0.3 is 6.09 Å². The molecule has 3 unspecified atom stereocenters. The molecule has 33 heavy (non-hydrogen) atoms. The molecule has 1 aromatic carbocycles. The summed E-state index contributed by atoms with van der Waals surface area (Å²) in [5, 5.41) is 5.76. The minimum Gasteiger partial charge on any atom is -0.444 e. The molecule has 186 valence electrons. The normalized spacial score (nSPS) is 14.3. The Labute approximate surface area is 199 Å². The Morgan fingerprint density at radius 1 is 1.06 bits per heavy atom. The zero-order chi connectivity index (χ0) is 25.5. The molecule has 0 spiro atoms. The lowest BCUT2D eigenvalue weighted by molar-refractivity contribution is -0.141. The van der Waals surface area contributed by atoms with Gasteiger partial charge in [0.15, 0.2) is 0 Å². The van der Waals surface area contributed by atoms with Crippen LogP contribution >= 0.6 is 0 Å². The van der Waals surface area contributed by atoms with Crippen LogP contribution in [0.3, 0.4) is 0 Å². The first-order valence-corrected chi connectivity index (χ1v) is 11.8. The van der Waals surface area contributed by atoms with E-state index >= 15 is 0 Å². The highest BCUT2D eigenvalue weighted by Crippen LogP contribution is 2.27. The lowest BCUT2D eigenvalue weighted by Crippen LogP contribution is -2.54. The maximum atomic E-state index is 13.6. The van der Waals surface area contributed by atoms with Crippen LogP contribution in [0.4, 0.5) is 4.79 Å². The van der Waals surface area contributed by atoms with Crippen molar-refractivity contribution in [1.82, 2.24) is 15.5 Å². The molecule has 3 amide bonds. The van der Waals surface area contributed by atoms with Gasteiger partial charge < -0.3 is 20.3 Å². The summed E-state index contributed by atoms with van der Waals surface area (Å²) in [6, 6.07) is 4.09. The summed E-state index contributed by atoms with van der Waals surface area (Å²) in [6.07, 6.45) is 1.13. The molecule has 2 N–H and O–H groups in total. The fourth-order valence-electron chi connectivity index (χ4n) is 3.72. The molecule has 7 heteroatoms. The standard InChI is InChI=1S/C26H43N3O4/c1-11-13-18(5)27-23(30)22(20-15-12-14-17(4)19(20)6)29(10)24(31)21(16(2)3)28-25(32)33-26(7,8)9/h12,14-16,18,21-22H,11,13H2,1-10H3,(H,27,30)(H,28,32). The Bertz CT molecular complexity index is 829. The second kappa shape index (κ2) is 12.1. The van der Waals surface area contributed by atoms with E-state index in [1.807, 2.05) is 52.8 Å². The zero-order valence-corrected chi connectivity index (χ0v) is 22.0. The Balaban J connectivity index is 3.32. The van der Waals surface area contributed by atoms with E-state index in [0.29, 0.717) is 0 Å². The van der Waals surface area contributed by atoms with Gasteiger partial charge in [-0.1, -0.05) is 45.4 Å². The summed E-state index contributed by atoms with van der Waals surface area (Å²) in [5.74, 6) is -0.783. The van der Waals surface area contributed by atoms with Crippen LogP contribution in [0.15, 0.2) is 18.2 Å². The molecule has 0 radical (unpaired) electrons. The quantitative estimate of drug-likeness (QED) is 0.560. The van der Waals surface area contributed by atoms with Crippen LogP contribution < -0.4 is 10.6 Å². The average molecular weight is 462 g/mol. The number of benzene rings is 1. The number of alkyl carbamates (subject to hydrolysis) is 1. The molecule has 3 atom stereocenters. The molecule has 0 aliphatic heterocycles. The van der Waals surface area contributed by atoms with Gasteiger partial charge in [-0.2, -0.15) is 0 Å². The van der Waals surface area contributed by atoms with E-state index in [-0.39, 0.29) is 23.8 Å². The maximum Gasteiger partial charge on any atom is 0.408 e. The third kappa shape index (κ3) is 8.37. The first-order valence-electron chi connectivity index (χ1n) is 11.8. The van der Waals surface area contributed by atoms with Gasteiger partial charge in [-0.3, -0.25) is 9.59 Å². The van der Waals surface area contributed by atoms with E-state index in [9.17, 15) is 14.4 Å². The topological polar surface area (TPSA) is 87.7 Å². The Hall–Kier alpha value is -2.57. The highest BCUT2D eigenvalue weighted by molar-refractivity contribution is 5.92. The first kappa shape index (κ1) is 28.5.